The Hall–Kier alpha value is -3.20. The number of pyridine rings is 2. The highest BCUT2D eigenvalue weighted by Crippen LogP contribution is 2.37. The number of hydrogen-bond donors (Lipinski definition) is 0. The van der Waals surface area contributed by atoms with Gasteiger partial charge in [-0.3, -0.25) is 9.38 Å². The predicted molar refractivity (Wildman–Crippen MR) is 140 cm³/mol. The third kappa shape index (κ3) is 3.51. The first-order chi connectivity index (χ1) is 15.8. The Morgan fingerprint density at radius 1 is 0.818 bits per heavy atom. The van der Waals surface area contributed by atoms with Crippen molar-refractivity contribution < 1.29 is 0 Å². The van der Waals surface area contributed by atoms with Crippen LogP contribution in [0.3, 0.4) is 0 Å². The molecule has 0 fully saturated rings. The van der Waals surface area contributed by atoms with E-state index in [9.17, 15) is 0 Å². The zero-order chi connectivity index (χ0) is 23.4. The zero-order valence-corrected chi connectivity index (χ0v) is 20.9. The molecule has 5 aromatic rings. The Bertz CT molecular complexity index is 1510. The van der Waals surface area contributed by atoms with Gasteiger partial charge >= 0.3 is 0 Å². The molecule has 3 heteroatoms. The number of aromatic nitrogens is 3. The van der Waals surface area contributed by atoms with Crippen molar-refractivity contribution in [2.75, 3.05) is 0 Å². The number of fused-ring (bicyclic) bond motifs is 6. The van der Waals surface area contributed by atoms with E-state index >= 15 is 0 Å². The fourth-order valence-electron chi connectivity index (χ4n) is 5.32. The quantitative estimate of drug-likeness (QED) is 0.269. The highest BCUT2D eigenvalue weighted by atomic mass is 15.0. The first kappa shape index (κ1) is 21.6. The number of imidazole rings is 1. The standard InChI is InChI=1S/C30H33N3/c1-8-17(2)15-23-10-12-25-28(32-23)24-11-9-18(3)16-26(24)33-29(22(7)31-30(25)33)27-20(5)13-19(4)14-21(27)6/h9-14,16-17H,8,15H2,1-7H3. The lowest BCUT2D eigenvalue weighted by Gasteiger charge is -2.16. The van der Waals surface area contributed by atoms with Gasteiger partial charge in [0.2, 0.25) is 0 Å². The van der Waals surface area contributed by atoms with Crippen molar-refractivity contribution in [1.82, 2.24) is 14.4 Å². The second kappa shape index (κ2) is 7.98. The number of rotatable bonds is 4. The normalized spacial score (nSPS) is 12.8. The third-order valence-corrected chi connectivity index (χ3v) is 7.06. The molecule has 3 heterocycles. The lowest BCUT2D eigenvalue weighted by Crippen LogP contribution is -2.02. The number of aryl methyl sites for hydroxylation is 5. The van der Waals surface area contributed by atoms with Gasteiger partial charge in [0.1, 0.15) is 5.65 Å². The minimum atomic E-state index is 0.625. The molecular formula is C30H33N3. The van der Waals surface area contributed by atoms with Gasteiger partial charge < -0.3 is 0 Å². The molecule has 3 nitrogen and oxygen atoms in total. The summed E-state index contributed by atoms with van der Waals surface area (Å²) in [7, 11) is 0. The first-order valence-corrected chi connectivity index (χ1v) is 12.1. The smallest absolute Gasteiger partial charge is 0.147 e. The average molecular weight is 436 g/mol. The molecule has 0 saturated carbocycles. The van der Waals surface area contributed by atoms with Crippen LogP contribution in [0.1, 0.15) is 53.9 Å². The van der Waals surface area contributed by atoms with Crippen molar-refractivity contribution in [2.45, 2.75) is 61.3 Å². The minimum Gasteiger partial charge on any atom is -0.291 e. The molecule has 33 heavy (non-hydrogen) atoms. The molecule has 2 aromatic carbocycles. The van der Waals surface area contributed by atoms with Crippen LogP contribution in [-0.4, -0.2) is 14.4 Å². The monoisotopic (exact) mass is 435 g/mol. The molecule has 0 radical (unpaired) electrons. The number of benzene rings is 2. The van der Waals surface area contributed by atoms with Crippen molar-refractivity contribution in [3.8, 4) is 11.3 Å². The molecule has 0 amide bonds. The van der Waals surface area contributed by atoms with E-state index in [2.05, 4.69) is 95.3 Å². The highest BCUT2D eigenvalue weighted by Gasteiger charge is 2.21. The third-order valence-electron chi connectivity index (χ3n) is 7.06. The molecule has 1 atom stereocenters. The summed E-state index contributed by atoms with van der Waals surface area (Å²) in [6.07, 6.45) is 2.17. The molecular weight excluding hydrogens is 402 g/mol. The summed E-state index contributed by atoms with van der Waals surface area (Å²) in [4.78, 5) is 10.3. The molecule has 0 saturated heterocycles. The van der Waals surface area contributed by atoms with Gasteiger partial charge in [0.05, 0.1) is 22.4 Å². The van der Waals surface area contributed by atoms with E-state index in [4.69, 9.17) is 9.97 Å². The maximum absolute atomic E-state index is 5.18. The van der Waals surface area contributed by atoms with E-state index in [0.29, 0.717) is 5.92 Å². The summed E-state index contributed by atoms with van der Waals surface area (Å²) >= 11 is 0. The largest absolute Gasteiger partial charge is 0.291 e. The van der Waals surface area contributed by atoms with Crippen LogP contribution in [0, 0.1) is 40.5 Å². The summed E-state index contributed by atoms with van der Waals surface area (Å²) in [5.74, 6) is 0.625. The molecule has 0 aliphatic heterocycles. The van der Waals surface area contributed by atoms with Crippen molar-refractivity contribution in [1.29, 1.82) is 0 Å². The number of hydrogen-bond acceptors (Lipinski definition) is 2. The van der Waals surface area contributed by atoms with Crippen LogP contribution in [0.2, 0.25) is 0 Å². The van der Waals surface area contributed by atoms with Crippen LogP contribution < -0.4 is 0 Å². The Morgan fingerprint density at radius 2 is 1.52 bits per heavy atom. The van der Waals surface area contributed by atoms with Crippen LogP contribution >= 0.6 is 0 Å². The Balaban J connectivity index is 1.93. The van der Waals surface area contributed by atoms with Gasteiger partial charge in [-0.25, -0.2) is 4.98 Å². The molecule has 168 valence electrons. The summed E-state index contributed by atoms with van der Waals surface area (Å²) < 4.78 is 2.38. The van der Waals surface area contributed by atoms with Gasteiger partial charge in [-0.05, 0) is 81.8 Å². The van der Waals surface area contributed by atoms with E-state index in [1.807, 2.05) is 0 Å². The van der Waals surface area contributed by atoms with E-state index < -0.39 is 0 Å². The van der Waals surface area contributed by atoms with E-state index in [0.717, 1.165) is 40.8 Å². The van der Waals surface area contributed by atoms with Crippen LogP contribution in [0.15, 0.2) is 42.5 Å². The Kier molecular flexibility index (Phi) is 5.23. The molecule has 0 aliphatic rings. The second-order valence-electron chi connectivity index (χ2n) is 9.92. The van der Waals surface area contributed by atoms with Crippen molar-refractivity contribution in [3.05, 3.63) is 76.1 Å². The number of nitrogens with zero attached hydrogens (tertiary/aromatic N) is 3. The fraction of sp³-hybridized carbons (Fsp3) is 0.333. The molecule has 0 N–H and O–H groups in total. The Labute approximate surface area is 196 Å². The van der Waals surface area contributed by atoms with Crippen molar-refractivity contribution in [3.63, 3.8) is 0 Å². The van der Waals surface area contributed by atoms with Gasteiger partial charge in [-0.15, -0.1) is 0 Å². The molecule has 0 spiro atoms. The van der Waals surface area contributed by atoms with Gasteiger partial charge in [0.25, 0.3) is 0 Å². The van der Waals surface area contributed by atoms with Gasteiger partial charge in [-0.2, -0.15) is 0 Å². The zero-order valence-electron chi connectivity index (χ0n) is 20.9. The lowest BCUT2D eigenvalue weighted by atomic mass is 9.96. The summed E-state index contributed by atoms with van der Waals surface area (Å²) in [5, 5.41) is 2.31. The summed E-state index contributed by atoms with van der Waals surface area (Å²) in [5.41, 5.74) is 13.1. The van der Waals surface area contributed by atoms with E-state index in [-0.39, 0.29) is 0 Å². The maximum Gasteiger partial charge on any atom is 0.147 e. The SMILES string of the molecule is CCC(C)Cc1ccc2c(n1)c1ccc(C)cc1n1c(-c3c(C)cc(C)cc3C)c(C)nc21. The fourth-order valence-corrected chi connectivity index (χ4v) is 5.32. The molecule has 5 rings (SSSR count). The molecule has 0 aliphatic carbocycles. The van der Waals surface area contributed by atoms with E-state index in [1.165, 1.54) is 44.4 Å². The topological polar surface area (TPSA) is 30.2 Å². The van der Waals surface area contributed by atoms with Crippen molar-refractivity contribution in [2.24, 2.45) is 5.92 Å². The molecule has 3 aromatic heterocycles. The summed E-state index contributed by atoms with van der Waals surface area (Å²) in [6.45, 7) is 15.4. The van der Waals surface area contributed by atoms with Crippen LogP contribution in [0.4, 0.5) is 0 Å². The minimum absolute atomic E-state index is 0.625. The first-order valence-electron chi connectivity index (χ1n) is 12.1. The average Bonchev–Trinajstić information content (AvgIpc) is 3.10. The van der Waals surface area contributed by atoms with Crippen LogP contribution in [-0.2, 0) is 6.42 Å². The maximum atomic E-state index is 5.18. The highest BCUT2D eigenvalue weighted by molar-refractivity contribution is 6.10. The van der Waals surface area contributed by atoms with Crippen LogP contribution in [0.5, 0.6) is 0 Å². The van der Waals surface area contributed by atoms with Gasteiger partial charge in [-0.1, -0.05) is 50.1 Å². The summed E-state index contributed by atoms with van der Waals surface area (Å²) in [6, 6.07) is 15.7. The Morgan fingerprint density at radius 3 is 2.21 bits per heavy atom. The van der Waals surface area contributed by atoms with Crippen molar-refractivity contribution >= 4 is 27.5 Å². The molecule has 0 bridgehead atoms. The predicted octanol–water partition coefficient (Wildman–Crippen LogP) is 7.83. The van der Waals surface area contributed by atoms with Gasteiger partial charge in [0.15, 0.2) is 0 Å². The van der Waals surface area contributed by atoms with Crippen LogP contribution in [0.25, 0.3) is 38.7 Å². The van der Waals surface area contributed by atoms with E-state index in [1.54, 1.807) is 0 Å². The van der Waals surface area contributed by atoms with Gasteiger partial charge in [0, 0.05) is 22.0 Å². The second-order valence-corrected chi connectivity index (χ2v) is 9.92. The molecule has 1 unspecified atom stereocenters. The lowest BCUT2D eigenvalue weighted by molar-refractivity contribution is 0.553.